The lowest BCUT2D eigenvalue weighted by Crippen LogP contribution is -2.33. The predicted molar refractivity (Wildman–Crippen MR) is 128 cm³/mol. The summed E-state index contributed by atoms with van der Waals surface area (Å²) >= 11 is 0. The molecule has 1 aliphatic heterocycles. The Kier molecular flexibility index (Phi) is 5.05. The first-order chi connectivity index (χ1) is 16.6. The molecule has 3 aromatic carbocycles. The second kappa shape index (κ2) is 8.24. The zero-order valence-corrected chi connectivity index (χ0v) is 18.7. The van der Waals surface area contributed by atoms with Gasteiger partial charge in [-0.05, 0) is 54.4 Å². The number of carbonyl (C=O) groups excluding carboxylic acids is 3. The Morgan fingerprint density at radius 1 is 0.765 bits per heavy atom. The smallest absolute Gasteiger partial charge is 0.238 e. The maximum absolute atomic E-state index is 13.2. The minimum absolute atomic E-state index is 0.110. The number of amides is 2. The van der Waals surface area contributed by atoms with E-state index in [9.17, 15) is 14.4 Å². The average molecular weight is 452 g/mol. The predicted octanol–water partition coefficient (Wildman–Crippen LogP) is 5.15. The Balaban J connectivity index is 1.18. The van der Waals surface area contributed by atoms with Crippen molar-refractivity contribution in [2.75, 3.05) is 11.5 Å². The third-order valence-electron chi connectivity index (χ3n) is 7.71. The summed E-state index contributed by atoms with van der Waals surface area (Å²) in [5.41, 5.74) is 3.12. The molecular weight excluding hydrogens is 426 g/mol. The van der Waals surface area contributed by atoms with E-state index < -0.39 is 0 Å². The van der Waals surface area contributed by atoms with E-state index in [0.29, 0.717) is 28.8 Å². The molecule has 5 nitrogen and oxygen atoms in total. The summed E-state index contributed by atoms with van der Waals surface area (Å²) in [4.78, 5) is 40.6. The number of ketones is 1. The molecule has 0 N–H and O–H groups in total. The normalized spacial score (nSPS) is 25.0. The fourth-order valence-electron chi connectivity index (χ4n) is 6.12. The van der Waals surface area contributed by atoms with Gasteiger partial charge in [-0.2, -0.15) is 0 Å². The van der Waals surface area contributed by atoms with Gasteiger partial charge in [0.15, 0.2) is 12.4 Å². The highest BCUT2D eigenvalue weighted by Crippen LogP contribution is 2.57. The van der Waals surface area contributed by atoms with Crippen LogP contribution < -0.4 is 9.64 Å². The quantitative estimate of drug-likeness (QED) is 0.384. The topological polar surface area (TPSA) is 63.7 Å². The van der Waals surface area contributed by atoms with Crippen molar-refractivity contribution in [3.8, 4) is 16.9 Å². The Hall–Kier alpha value is -3.73. The van der Waals surface area contributed by atoms with Crippen molar-refractivity contribution in [2.24, 2.45) is 23.7 Å². The molecule has 0 radical (unpaired) electrons. The maximum atomic E-state index is 13.2. The standard InChI is InChI=1S/C29H25NO4/c31-24(20-12-10-19(11-13-20)18-6-2-1-3-7-18)17-34-25-9-5-4-8-23(25)30-28(32)26-21-14-15-22(16-21)27(26)29(30)33/h1-13,21-22,26-27H,14-17H2/t21-,22-,26-,27-/m0/s1. The van der Waals surface area contributed by atoms with E-state index in [1.54, 1.807) is 36.4 Å². The van der Waals surface area contributed by atoms with Crippen molar-refractivity contribution in [1.29, 1.82) is 0 Å². The van der Waals surface area contributed by atoms with Crippen LogP contribution in [0.5, 0.6) is 5.75 Å². The van der Waals surface area contributed by atoms with Crippen molar-refractivity contribution in [1.82, 2.24) is 0 Å². The molecule has 2 amide bonds. The van der Waals surface area contributed by atoms with Gasteiger partial charge in [-0.25, -0.2) is 4.90 Å². The van der Waals surface area contributed by atoms with Crippen molar-refractivity contribution in [3.05, 3.63) is 84.4 Å². The first kappa shape index (κ1) is 20.8. The van der Waals surface area contributed by atoms with Crippen LogP contribution in [-0.2, 0) is 9.59 Å². The van der Waals surface area contributed by atoms with Crippen LogP contribution in [0.3, 0.4) is 0 Å². The number of rotatable bonds is 6. The van der Waals surface area contributed by atoms with E-state index in [1.165, 1.54) is 4.90 Å². The Morgan fingerprint density at radius 2 is 1.35 bits per heavy atom. The molecule has 34 heavy (non-hydrogen) atoms. The largest absolute Gasteiger partial charge is 0.483 e. The molecule has 3 aliphatic rings. The summed E-state index contributed by atoms with van der Waals surface area (Å²) in [6, 6.07) is 24.4. The monoisotopic (exact) mass is 451 g/mol. The fraction of sp³-hybridized carbons (Fsp3) is 0.276. The molecule has 4 atom stereocenters. The van der Waals surface area contributed by atoms with Crippen LogP contribution in [0.4, 0.5) is 5.69 Å². The lowest BCUT2D eigenvalue weighted by molar-refractivity contribution is -0.123. The highest BCUT2D eigenvalue weighted by atomic mass is 16.5. The van der Waals surface area contributed by atoms with Crippen LogP contribution in [-0.4, -0.2) is 24.2 Å². The lowest BCUT2D eigenvalue weighted by atomic mass is 9.81. The molecule has 0 aromatic heterocycles. The number of fused-ring (bicyclic) bond motifs is 5. The summed E-state index contributed by atoms with van der Waals surface area (Å²) in [5, 5.41) is 0. The molecule has 2 bridgehead atoms. The second-order valence-corrected chi connectivity index (χ2v) is 9.52. The van der Waals surface area contributed by atoms with Gasteiger partial charge >= 0.3 is 0 Å². The molecule has 2 saturated carbocycles. The molecule has 2 aliphatic carbocycles. The highest BCUT2D eigenvalue weighted by Gasteiger charge is 2.61. The molecule has 1 heterocycles. The summed E-state index contributed by atoms with van der Waals surface area (Å²) in [7, 11) is 0. The van der Waals surface area contributed by atoms with Crippen LogP contribution >= 0.6 is 0 Å². The van der Waals surface area contributed by atoms with Crippen molar-refractivity contribution in [2.45, 2.75) is 19.3 Å². The molecule has 170 valence electrons. The summed E-state index contributed by atoms with van der Waals surface area (Å²) < 4.78 is 5.87. The van der Waals surface area contributed by atoms with Gasteiger partial charge in [0.25, 0.3) is 0 Å². The maximum Gasteiger partial charge on any atom is 0.238 e. The highest BCUT2D eigenvalue weighted by molar-refractivity contribution is 6.23. The number of carbonyl (C=O) groups is 3. The van der Waals surface area contributed by atoms with Crippen molar-refractivity contribution in [3.63, 3.8) is 0 Å². The van der Waals surface area contributed by atoms with E-state index in [2.05, 4.69) is 0 Å². The van der Waals surface area contributed by atoms with Crippen molar-refractivity contribution < 1.29 is 19.1 Å². The fourth-order valence-corrected chi connectivity index (χ4v) is 6.12. The van der Waals surface area contributed by atoms with Gasteiger partial charge in [0, 0.05) is 5.56 Å². The minimum atomic E-state index is -0.191. The molecule has 0 unspecified atom stereocenters. The van der Waals surface area contributed by atoms with Crippen LogP contribution in [0.15, 0.2) is 78.9 Å². The molecule has 5 heteroatoms. The average Bonchev–Trinajstić information content (AvgIpc) is 3.57. The molecule has 3 aromatic rings. The van der Waals surface area contributed by atoms with Gasteiger partial charge in [0.05, 0.1) is 17.5 Å². The second-order valence-electron chi connectivity index (χ2n) is 9.52. The van der Waals surface area contributed by atoms with E-state index in [1.807, 2.05) is 42.5 Å². The summed E-state index contributed by atoms with van der Waals surface area (Å²) in [6.07, 6.45) is 3.07. The molecular formula is C29H25NO4. The minimum Gasteiger partial charge on any atom is -0.483 e. The molecule has 3 fully saturated rings. The number of imide groups is 1. The third kappa shape index (κ3) is 3.35. The van der Waals surface area contributed by atoms with Gasteiger partial charge in [-0.15, -0.1) is 0 Å². The van der Waals surface area contributed by atoms with Crippen LogP contribution in [0.2, 0.25) is 0 Å². The summed E-state index contributed by atoms with van der Waals surface area (Å²) in [5.74, 6) is 0.263. The first-order valence-corrected chi connectivity index (χ1v) is 11.9. The number of anilines is 1. The van der Waals surface area contributed by atoms with Gasteiger partial charge in [0.2, 0.25) is 11.8 Å². The number of nitrogens with zero attached hydrogens (tertiary/aromatic N) is 1. The van der Waals surface area contributed by atoms with E-state index in [4.69, 9.17) is 4.74 Å². The zero-order valence-electron chi connectivity index (χ0n) is 18.7. The van der Waals surface area contributed by atoms with Crippen molar-refractivity contribution >= 4 is 23.3 Å². The number of hydrogen-bond donors (Lipinski definition) is 0. The van der Waals surface area contributed by atoms with E-state index in [0.717, 1.165) is 30.4 Å². The van der Waals surface area contributed by atoms with Crippen LogP contribution in [0, 0.1) is 23.7 Å². The van der Waals surface area contributed by atoms with Crippen LogP contribution in [0.25, 0.3) is 11.1 Å². The van der Waals surface area contributed by atoms with Gasteiger partial charge in [0.1, 0.15) is 5.75 Å². The molecule has 0 spiro atoms. The van der Waals surface area contributed by atoms with Gasteiger partial charge < -0.3 is 4.74 Å². The lowest BCUT2D eigenvalue weighted by Gasteiger charge is -2.20. The number of para-hydroxylation sites is 2. The Labute approximate surface area is 198 Å². The van der Waals surface area contributed by atoms with Crippen LogP contribution in [0.1, 0.15) is 29.6 Å². The molecule has 1 saturated heterocycles. The van der Waals surface area contributed by atoms with Gasteiger partial charge in [-0.3, -0.25) is 14.4 Å². The molecule has 6 rings (SSSR count). The Bertz CT molecular complexity index is 1240. The third-order valence-corrected chi connectivity index (χ3v) is 7.71. The summed E-state index contributed by atoms with van der Waals surface area (Å²) in [6.45, 7) is -0.171. The number of benzene rings is 3. The van der Waals surface area contributed by atoms with Gasteiger partial charge in [-0.1, -0.05) is 66.7 Å². The van der Waals surface area contributed by atoms with E-state index >= 15 is 0 Å². The number of ether oxygens (including phenoxy) is 1. The van der Waals surface area contributed by atoms with E-state index in [-0.39, 0.29) is 36.0 Å². The number of hydrogen-bond acceptors (Lipinski definition) is 4. The first-order valence-electron chi connectivity index (χ1n) is 11.9. The zero-order chi connectivity index (χ0) is 23.2. The Morgan fingerprint density at radius 3 is 2.03 bits per heavy atom. The number of Topliss-reactive ketones (excluding diaryl/α,β-unsaturated/α-hetero) is 1. The SMILES string of the molecule is O=C(COc1ccccc1N1C(=O)[C@H]2[C@H]3CC[C@@H](C3)[C@@H]2C1=O)c1ccc(-c2ccccc2)cc1.